The Morgan fingerprint density at radius 1 is 0.720 bits per heavy atom. The number of hydrogen-bond donors (Lipinski definition) is 0. The van der Waals surface area contributed by atoms with Gasteiger partial charge in [0.25, 0.3) is 0 Å². The van der Waals surface area contributed by atoms with Crippen molar-refractivity contribution in [1.82, 2.24) is 0 Å². The molecule has 25 heavy (non-hydrogen) atoms. The predicted molar refractivity (Wildman–Crippen MR) is 87.2 cm³/mol. The molecule has 0 radical (unpaired) electrons. The van der Waals surface area contributed by atoms with Gasteiger partial charge in [0.1, 0.15) is 26.4 Å². The minimum atomic E-state index is -0.677. The topological polar surface area (TPSA) is 105 Å². The van der Waals surface area contributed by atoms with Gasteiger partial charge in [-0.15, -0.1) is 0 Å². The predicted octanol–water partition coefficient (Wildman–Crippen LogP) is 1.34. The number of esters is 4. The maximum absolute atomic E-state index is 11.7. The van der Waals surface area contributed by atoms with Crippen LogP contribution in [0.2, 0.25) is 0 Å². The minimum absolute atomic E-state index is 0.0110. The molecule has 8 nitrogen and oxygen atoms in total. The Labute approximate surface area is 146 Å². The van der Waals surface area contributed by atoms with E-state index in [4.69, 9.17) is 9.47 Å². The summed E-state index contributed by atoms with van der Waals surface area (Å²) in [5.41, 5.74) is -0.677. The van der Waals surface area contributed by atoms with Crippen molar-refractivity contribution < 1.29 is 38.1 Å². The van der Waals surface area contributed by atoms with Gasteiger partial charge in [-0.1, -0.05) is 27.0 Å². The van der Waals surface area contributed by atoms with Crippen LogP contribution in [0.25, 0.3) is 0 Å². The van der Waals surface area contributed by atoms with Gasteiger partial charge in [-0.2, -0.15) is 0 Å². The van der Waals surface area contributed by atoms with Crippen LogP contribution in [0.3, 0.4) is 0 Å². The zero-order chi connectivity index (χ0) is 19.3. The molecule has 0 saturated heterocycles. The highest BCUT2D eigenvalue weighted by Gasteiger charge is 2.27. The lowest BCUT2D eigenvalue weighted by Gasteiger charge is -2.22. The van der Waals surface area contributed by atoms with Gasteiger partial charge in [-0.25, -0.2) is 9.59 Å². The average Bonchev–Trinajstić information content (AvgIpc) is 2.53. The molecule has 0 spiro atoms. The van der Waals surface area contributed by atoms with Crippen LogP contribution in [0.5, 0.6) is 0 Å². The van der Waals surface area contributed by atoms with Crippen molar-refractivity contribution in [1.29, 1.82) is 0 Å². The van der Waals surface area contributed by atoms with E-state index in [2.05, 4.69) is 22.6 Å². The third-order valence-electron chi connectivity index (χ3n) is 2.76. The van der Waals surface area contributed by atoms with Gasteiger partial charge in [0, 0.05) is 12.2 Å². The molecule has 0 N–H and O–H groups in total. The largest absolute Gasteiger partial charge is 0.462 e. The monoisotopic (exact) mass is 356 g/mol. The molecule has 0 aliphatic heterocycles. The van der Waals surface area contributed by atoms with E-state index >= 15 is 0 Å². The first-order valence-corrected chi connectivity index (χ1v) is 7.60. The lowest BCUT2D eigenvalue weighted by molar-refractivity contribution is -0.154. The Morgan fingerprint density at radius 2 is 1.04 bits per heavy atom. The molecule has 0 atom stereocenters. The van der Waals surface area contributed by atoms with E-state index in [1.54, 1.807) is 13.8 Å². The van der Waals surface area contributed by atoms with E-state index in [1.165, 1.54) is 0 Å². The second-order valence-electron chi connectivity index (χ2n) is 5.70. The Balaban J connectivity index is 4.00. The van der Waals surface area contributed by atoms with Crippen molar-refractivity contribution in [3.05, 3.63) is 25.3 Å². The summed E-state index contributed by atoms with van der Waals surface area (Å²) in [4.78, 5) is 45.1. The smallest absolute Gasteiger partial charge is 0.330 e. The zero-order valence-electron chi connectivity index (χ0n) is 14.6. The van der Waals surface area contributed by atoms with Gasteiger partial charge < -0.3 is 18.9 Å². The van der Waals surface area contributed by atoms with E-state index in [0.29, 0.717) is 0 Å². The highest BCUT2D eigenvalue weighted by Crippen LogP contribution is 2.26. The van der Waals surface area contributed by atoms with Gasteiger partial charge in [-0.3, -0.25) is 9.59 Å². The normalized spacial score (nSPS) is 10.3. The maximum atomic E-state index is 11.7. The summed E-state index contributed by atoms with van der Waals surface area (Å²) in [5.74, 6) is -2.24. The SMILES string of the molecule is C=CC(=O)OCCOC(=O)CC(C)(C)CC(=O)OCCOC(=O)C=C. The Bertz CT molecular complexity index is 463. The standard InChI is InChI=1S/C17H24O8/c1-5-13(18)22-7-9-24-15(20)11-17(3,4)12-16(21)25-10-8-23-14(19)6-2/h5-6H,1-2,7-12H2,3-4H3. The number of hydrogen-bond acceptors (Lipinski definition) is 8. The molecule has 0 aromatic carbocycles. The Kier molecular flexibility index (Phi) is 10.6. The van der Waals surface area contributed by atoms with Crippen molar-refractivity contribution >= 4 is 23.9 Å². The van der Waals surface area contributed by atoms with E-state index in [1.807, 2.05) is 0 Å². The third kappa shape index (κ3) is 12.4. The third-order valence-corrected chi connectivity index (χ3v) is 2.76. The summed E-state index contributed by atoms with van der Waals surface area (Å²) in [5, 5.41) is 0. The number of carbonyl (C=O) groups excluding carboxylic acids is 4. The first kappa shape index (κ1) is 22.4. The molecule has 0 aliphatic carbocycles. The van der Waals surface area contributed by atoms with Crippen molar-refractivity contribution in [2.24, 2.45) is 5.41 Å². The van der Waals surface area contributed by atoms with Crippen molar-refractivity contribution in [2.75, 3.05) is 26.4 Å². The summed E-state index contributed by atoms with van der Waals surface area (Å²) < 4.78 is 19.2. The van der Waals surface area contributed by atoms with Crippen molar-refractivity contribution in [2.45, 2.75) is 26.7 Å². The van der Waals surface area contributed by atoms with E-state index in [-0.39, 0.29) is 39.3 Å². The van der Waals surface area contributed by atoms with E-state index in [0.717, 1.165) is 12.2 Å². The Hall–Kier alpha value is -2.64. The lowest BCUT2D eigenvalue weighted by Crippen LogP contribution is -2.25. The van der Waals surface area contributed by atoms with Crippen LogP contribution in [0.4, 0.5) is 0 Å². The van der Waals surface area contributed by atoms with Crippen LogP contribution in [0.15, 0.2) is 25.3 Å². The number of carbonyl (C=O) groups is 4. The van der Waals surface area contributed by atoms with Crippen LogP contribution < -0.4 is 0 Å². The fourth-order valence-electron chi connectivity index (χ4n) is 1.66. The van der Waals surface area contributed by atoms with Gasteiger partial charge in [0.2, 0.25) is 0 Å². The second kappa shape index (κ2) is 11.8. The van der Waals surface area contributed by atoms with Gasteiger partial charge >= 0.3 is 23.9 Å². The lowest BCUT2D eigenvalue weighted by atomic mass is 9.86. The van der Waals surface area contributed by atoms with E-state index in [9.17, 15) is 19.2 Å². The van der Waals surface area contributed by atoms with Crippen LogP contribution in [0, 0.1) is 5.41 Å². The fraction of sp³-hybridized carbons (Fsp3) is 0.529. The van der Waals surface area contributed by atoms with Crippen LogP contribution in [-0.4, -0.2) is 50.3 Å². The van der Waals surface area contributed by atoms with Gasteiger partial charge in [-0.05, 0) is 5.41 Å². The Morgan fingerprint density at radius 3 is 1.36 bits per heavy atom. The molecule has 0 saturated carbocycles. The quantitative estimate of drug-likeness (QED) is 0.223. The maximum Gasteiger partial charge on any atom is 0.330 e. The number of rotatable bonds is 12. The van der Waals surface area contributed by atoms with Crippen LogP contribution in [-0.2, 0) is 38.1 Å². The summed E-state index contributed by atoms with van der Waals surface area (Å²) >= 11 is 0. The first-order valence-electron chi connectivity index (χ1n) is 7.60. The van der Waals surface area contributed by atoms with E-state index < -0.39 is 29.3 Å². The molecule has 0 fully saturated rings. The fourth-order valence-corrected chi connectivity index (χ4v) is 1.66. The van der Waals surface area contributed by atoms with Gasteiger partial charge in [0.15, 0.2) is 0 Å². The van der Waals surface area contributed by atoms with Gasteiger partial charge in [0.05, 0.1) is 12.8 Å². The molecule has 0 bridgehead atoms. The summed E-state index contributed by atoms with van der Waals surface area (Å²) in [6, 6.07) is 0. The number of ether oxygens (including phenoxy) is 4. The summed E-state index contributed by atoms with van der Waals surface area (Å²) in [7, 11) is 0. The van der Waals surface area contributed by atoms with Crippen molar-refractivity contribution in [3.8, 4) is 0 Å². The first-order chi connectivity index (χ1) is 11.7. The second-order valence-corrected chi connectivity index (χ2v) is 5.70. The van der Waals surface area contributed by atoms with Crippen LogP contribution in [0.1, 0.15) is 26.7 Å². The highest BCUT2D eigenvalue weighted by molar-refractivity contribution is 5.81. The van der Waals surface area contributed by atoms with Crippen molar-refractivity contribution in [3.63, 3.8) is 0 Å². The van der Waals surface area contributed by atoms with Crippen LogP contribution >= 0.6 is 0 Å². The molecule has 0 aromatic rings. The highest BCUT2D eigenvalue weighted by atomic mass is 16.6. The molecule has 0 unspecified atom stereocenters. The molecule has 8 heteroatoms. The molecule has 0 aromatic heterocycles. The molecule has 0 amide bonds. The molecule has 0 heterocycles. The molecular formula is C17H24O8. The molecule has 0 aliphatic rings. The average molecular weight is 356 g/mol. The molecule has 0 rings (SSSR count). The summed E-state index contributed by atoms with van der Waals surface area (Å²) in [6.07, 6.45) is 2.00. The molecule has 140 valence electrons. The zero-order valence-corrected chi connectivity index (χ0v) is 14.6. The minimum Gasteiger partial charge on any atom is -0.462 e. The summed E-state index contributed by atoms with van der Waals surface area (Å²) in [6.45, 7) is 9.61. The molecular weight excluding hydrogens is 332 g/mol.